The van der Waals surface area contributed by atoms with E-state index < -0.39 is 6.10 Å². The van der Waals surface area contributed by atoms with Gasteiger partial charge in [-0.15, -0.1) is 0 Å². The van der Waals surface area contributed by atoms with E-state index in [2.05, 4.69) is 10.6 Å². The minimum atomic E-state index is -0.695. The Balaban J connectivity index is 1.93. The molecule has 1 amide bonds. The molecule has 0 saturated heterocycles. The SMILES string of the molecule is CCOc1ccc(NC(C)=O)cc1NCC(O)COc1ccccc1. The van der Waals surface area contributed by atoms with E-state index in [-0.39, 0.29) is 19.1 Å². The number of aliphatic hydroxyl groups is 1. The molecule has 0 radical (unpaired) electrons. The Morgan fingerprint density at radius 2 is 1.92 bits per heavy atom. The van der Waals surface area contributed by atoms with Gasteiger partial charge in [-0.3, -0.25) is 4.79 Å². The first-order chi connectivity index (χ1) is 12.1. The second kappa shape index (κ2) is 9.54. The summed E-state index contributed by atoms with van der Waals surface area (Å²) in [4.78, 5) is 11.2. The van der Waals surface area contributed by atoms with E-state index in [9.17, 15) is 9.90 Å². The van der Waals surface area contributed by atoms with Gasteiger partial charge in [0.15, 0.2) is 0 Å². The molecule has 2 aromatic carbocycles. The third kappa shape index (κ3) is 6.35. The molecule has 0 aliphatic carbocycles. The number of anilines is 2. The molecule has 25 heavy (non-hydrogen) atoms. The van der Waals surface area contributed by atoms with Gasteiger partial charge in [0, 0.05) is 19.2 Å². The van der Waals surface area contributed by atoms with Crippen molar-refractivity contribution in [1.29, 1.82) is 0 Å². The second-order valence-electron chi connectivity index (χ2n) is 5.48. The standard InChI is InChI=1S/C19H24N2O4/c1-3-24-19-10-9-15(21-14(2)22)11-18(19)20-12-16(23)13-25-17-7-5-4-6-8-17/h4-11,16,20,23H,3,12-13H2,1-2H3,(H,21,22). The van der Waals surface area contributed by atoms with Crippen molar-refractivity contribution in [2.75, 3.05) is 30.4 Å². The molecule has 1 atom stereocenters. The fraction of sp³-hybridized carbons (Fsp3) is 0.316. The quantitative estimate of drug-likeness (QED) is 0.652. The van der Waals surface area contributed by atoms with Gasteiger partial charge >= 0.3 is 0 Å². The summed E-state index contributed by atoms with van der Waals surface area (Å²) in [6.07, 6.45) is -0.695. The summed E-state index contributed by atoms with van der Waals surface area (Å²) in [6.45, 7) is 4.33. The van der Waals surface area contributed by atoms with E-state index in [1.165, 1.54) is 6.92 Å². The Morgan fingerprint density at radius 1 is 1.16 bits per heavy atom. The number of ether oxygens (including phenoxy) is 2. The molecule has 0 aliphatic heterocycles. The van der Waals surface area contributed by atoms with Gasteiger partial charge in [0.2, 0.25) is 5.91 Å². The summed E-state index contributed by atoms with van der Waals surface area (Å²) in [7, 11) is 0. The molecule has 0 spiro atoms. The van der Waals surface area contributed by atoms with Crippen molar-refractivity contribution in [3.63, 3.8) is 0 Å². The van der Waals surface area contributed by atoms with Crippen molar-refractivity contribution in [2.45, 2.75) is 20.0 Å². The maximum Gasteiger partial charge on any atom is 0.221 e. The van der Waals surface area contributed by atoms with Crippen LogP contribution in [0.2, 0.25) is 0 Å². The number of hydrogen-bond donors (Lipinski definition) is 3. The predicted molar refractivity (Wildman–Crippen MR) is 98.3 cm³/mol. The van der Waals surface area contributed by atoms with E-state index in [1.807, 2.05) is 37.3 Å². The number of carbonyl (C=O) groups excluding carboxylic acids is 1. The topological polar surface area (TPSA) is 79.8 Å². The van der Waals surface area contributed by atoms with Gasteiger partial charge in [0.05, 0.1) is 12.3 Å². The highest BCUT2D eigenvalue weighted by atomic mass is 16.5. The third-order valence-corrected chi connectivity index (χ3v) is 3.31. The van der Waals surface area contributed by atoms with E-state index in [0.717, 1.165) is 0 Å². The smallest absolute Gasteiger partial charge is 0.221 e. The van der Waals surface area contributed by atoms with Gasteiger partial charge in [-0.1, -0.05) is 18.2 Å². The van der Waals surface area contributed by atoms with Crippen LogP contribution in [0, 0.1) is 0 Å². The van der Waals surface area contributed by atoms with Crippen LogP contribution in [-0.4, -0.2) is 36.9 Å². The van der Waals surface area contributed by atoms with Gasteiger partial charge in [-0.05, 0) is 37.3 Å². The summed E-state index contributed by atoms with van der Waals surface area (Å²) in [5.74, 6) is 1.23. The lowest BCUT2D eigenvalue weighted by atomic mass is 10.2. The van der Waals surface area contributed by atoms with Crippen molar-refractivity contribution in [3.05, 3.63) is 48.5 Å². The van der Waals surface area contributed by atoms with Gasteiger partial charge in [0.1, 0.15) is 24.2 Å². The van der Waals surface area contributed by atoms with Crippen molar-refractivity contribution >= 4 is 17.3 Å². The lowest BCUT2D eigenvalue weighted by Crippen LogP contribution is -2.26. The predicted octanol–water partition coefficient (Wildman–Crippen LogP) is 2.90. The van der Waals surface area contributed by atoms with Crippen LogP contribution in [0.1, 0.15) is 13.8 Å². The summed E-state index contributed by atoms with van der Waals surface area (Å²) >= 11 is 0. The highest BCUT2D eigenvalue weighted by Gasteiger charge is 2.10. The van der Waals surface area contributed by atoms with Gasteiger partial charge < -0.3 is 25.2 Å². The zero-order valence-electron chi connectivity index (χ0n) is 14.5. The minimum Gasteiger partial charge on any atom is -0.492 e. The van der Waals surface area contributed by atoms with E-state index >= 15 is 0 Å². The second-order valence-corrected chi connectivity index (χ2v) is 5.48. The Bertz CT molecular complexity index is 676. The number of carbonyl (C=O) groups is 1. The van der Waals surface area contributed by atoms with Crippen molar-refractivity contribution in [1.82, 2.24) is 0 Å². The monoisotopic (exact) mass is 344 g/mol. The summed E-state index contributed by atoms with van der Waals surface area (Å²) in [6, 6.07) is 14.7. The first-order valence-electron chi connectivity index (χ1n) is 8.22. The number of benzene rings is 2. The largest absolute Gasteiger partial charge is 0.492 e. The van der Waals surface area contributed by atoms with Crippen LogP contribution < -0.4 is 20.1 Å². The highest BCUT2D eigenvalue weighted by Crippen LogP contribution is 2.28. The highest BCUT2D eigenvalue weighted by molar-refractivity contribution is 5.89. The number of aliphatic hydroxyl groups excluding tert-OH is 1. The van der Waals surface area contributed by atoms with Crippen molar-refractivity contribution in [3.8, 4) is 11.5 Å². The number of para-hydroxylation sites is 1. The maximum atomic E-state index is 11.2. The van der Waals surface area contributed by atoms with Crippen molar-refractivity contribution < 1.29 is 19.4 Å². The molecule has 0 heterocycles. The maximum absolute atomic E-state index is 11.2. The lowest BCUT2D eigenvalue weighted by molar-refractivity contribution is -0.114. The van der Waals surface area contributed by atoms with Crippen LogP contribution in [-0.2, 0) is 4.79 Å². The molecule has 0 saturated carbocycles. The molecular weight excluding hydrogens is 320 g/mol. The van der Waals surface area contributed by atoms with Crippen LogP contribution >= 0.6 is 0 Å². The molecule has 134 valence electrons. The molecular formula is C19H24N2O4. The first kappa shape index (κ1) is 18.6. The number of rotatable bonds is 9. The van der Waals surface area contributed by atoms with E-state index in [0.29, 0.717) is 29.5 Å². The first-order valence-corrected chi connectivity index (χ1v) is 8.22. The Hall–Kier alpha value is -2.73. The molecule has 6 nitrogen and oxygen atoms in total. The summed E-state index contributed by atoms with van der Waals surface area (Å²) in [5.41, 5.74) is 1.36. The molecule has 6 heteroatoms. The van der Waals surface area contributed by atoms with Crippen molar-refractivity contribution in [2.24, 2.45) is 0 Å². The lowest BCUT2D eigenvalue weighted by Gasteiger charge is -2.17. The molecule has 3 N–H and O–H groups in total. The van der Waals surface area contributed by atoms with Gasteiger partial charge in [-0.2, -0.15) is 0 Å². The van der Waals surface area contributed by atoms with Gasteiger partial charge in [0.25, 0.3) is 0 Å². The minimum absolute atomic E-state index is 0.147. The molecule has 0 aromatic heterocycles. The van der Waals surface area contributed by atoms with E-state index in [4.69, 9.17) is 9.47 Å². The molecule has 0 aliphatic rings. The molecule has 0 fully saturated rings. The van der Waals surface area contributed by atoms with Crippen LogP contribution in [0.15, 0.2) is 48.5 Å². The van der Waals surface area contributed by atoms with Crippen LogP contribution in [0.25, 0.3) is 0 Å². The number of nitrogens with one attached hydrogen (secondary N) is 2. The summed E-state index contributed by atoms with van der Waals surface area (Å²) in [5, 5.41) is 16.0. The third-order valence-electron chi connectivity index (χ3n) is 3.31. The fourth-order valence-electron chi connectivity index (χ4n) is 2.23. The Labute approximate surface area is 147 Å². The zero-order valence-corrected chi connectivity index (χ0v) is 14.5. The normalized spacial score (nSPS) is 11.5. The number of hydrogen-bond acceptors (Lipinski definition) is 5. The van der Waals surface area contributed by atoms with Gasteiger partial charge in [-0.25, -0.2) is 0 Å². The summed E-state index contributed by atoms with van der Waals surface area (Å²) < 4.78 is 11.1. The Kier molecular flexibility index (Phi) is 7.10. The molecule has 0 bridgehead atoms. The zero-order chi connectivity index (χ0) is 18.1. The van der Waals surface area contributed by atoms with Crippen LogP contribution in [0.4, 0.5) is 11.4 Å². The molecule has 2 rings (SSSR count). The van der Waals surface area contributed by atoms with Crippen LogP contribution in [0.3, 0.4) is 0 Å². The van der Waals surface area contributed by atoms with Crippen LogP contribution in [0.5, 0.6) is 11.5 Å². The average Bonchev–Trinajstić information content (AvgIpc) is 2.60. The Morgan fingerprint density at radius 3 is 2.60 bits per heavy atom. The number of amides is 1. The average molecular weight is 344 g/mol. The fourth-order valence-corrected chi connectivity index (χ4v) is 2.23. The molecule has 2 aromatic rings. The van der Waals surface area contributed by atoms with E-state index in [1.54, 1.807) is 18.2 Å². The molecule has 1 unspecified atom stereocenters.